The SMILES string of the molecule is COCCNC(=O)C(C)(C)c1ccc(C(=O)O)cc1. The van der Waals surface area contributed by atoms with Crippen LogP contribution in [0.1, 0.15) is 29.8 Å². The van der Waals surface area contributed by atoms with Crippen LogP contribution in [-0.4, -0.2) is 37.2 Å². The van der Waals surface area contributed by atoms with Gasteiger partial charge in [0.15, 0.2) is 0 Å². The summed E-state index contributed by atoms with van der Waals surface area (Å²) in [5.41, 5.74) is 0.261. The number of ether oxygens (including phenoxy) is 1. The van der Waals surface area contributed by atoms with Gasteiger partial charge in [0.05, 0.1) is 17.6 Å². The second kappa shape index (κ2) is 6.33. The van der Waals surface area contributed by atoms with Crippen molar-refractivity contribution >= 4 is 11.9 Å². The molecule has 1 rings (SSSR count). The molecule has 19 heavy (non-hydrogen) atoms. The third kappa shape index (κ3) is 3.79. The number of hydrogen-bond donors (Lipinski definition) is 2. The Morgan fingerprint density at radius 1 is 1.26 bits per heavy atom. The van der Waals surface area contributed by atoms with Crippen LogP contribution in [0.4, 0.5) is 0 Å². The maximum Gasteiger partial charge on any atom is 0.335 e. The van der Waals surface area contributed by atoms with E-state index in [1.165, 1.54) is 12.1 Å². The van der Waals surface area contributed by atoms with Crippen molar-refractivity contribution in [3.05, 3.63) is 35.4 Å². The lowest BCUT2D eigenvalue weighted by molar-refractivity contribution is -0.125. The Morgan fingerprint density at radius 3 is 2.32 bits per heavy atom. The lowest BCUT2D eigenvalue weighted by atomic mass is 9.83. The van der Waals surface area contributed by atoms with Crippen LogP contribution < -0.4 is 5.32 Å². The molecule has 0 aromatic heterocycles. The molecule has 0 unspecified atom stereocenters. The zero-order chi connectivity index (χ0) is 14.5. The molecule has 2 N–H and O–H groups in total. The number of hydrogen-bond acceptors (Lipinski definition) is 3. The summed E-state index contributed by atoms with van der Waals surface area (Å²) in [7, 11) is 1.57. The van der Waals surface area contributed by atoms with Crippen molar-refractivity contribution in [3.63, 3.8) is 0 Å². The topological polar surface area (TPSA) is 75.6 Å². The number of rotatable bonds is 6. The molecule has 104 valence electrons. The van der Waals surface area contributed by atoms with Crippen LogP contribution in [-0.2, 0) is 14.9 Å². The molecule has 0 heterocycles. The van der Waals surface area contributed by atoms with Crippen molar-refractivity contribution in [2.75, 3.05) is 20.3 Å². The number of nitrogens with one attached hydrogen (secondary N) is 1. The Hall–Kier alpha value is -1.88. The van der Waals surface area contributed by atoms with Gasteiger partial charge in [-0.05, 0) is 31.5 Å². The minimum atomic E-state index is -0.978. The molecule has 1 amide bonds. The Labute approximate surface area is 112 Å². The van der Waals surface area contributed by atoms with Gasteiger partial charge in [-0.1, -0.05) is 12.1 Å². The molecule has 5 nitrogen and oxygen atoms in total. The summed E-state index contributed by atoms with van der Waals surface area (Å²) >= 11 is 0. The van der Waals surface area contributed by atoms with Gasteiger partial charge in [0.1, 0.15) is 0 Å². The summed E-state index contributed by atoms with van der Waals surface area (Å²) in [6.07, 6.45) is 0. The van der Waals surface area contributed by atoms with Gasteiger partial charge >= 0.3 is 5.97 Å². The lowest BCUT2D eigenvalue weighted by Gasteiger charge is -2.24. The molecule has 0 atom stereocenters. The van der Waals surface area contributed by atoms with Gasteiger partial charge in [-0.25, -0.2) is 4.79 Å². The van der Waals surface area contributed by atoms with E-state index in [0.29, 0.717) is 13.2 Å². The number of methoxy groups -OCH3 is 1. The first-order valence-corrected chi connectivity index (χ1v) is 6.00. The number of carboxylic acids is 1. The van der Waals surface area contributed by atoms with Crippen molar-refractivity contribution in [2.24, 2.45) is 0 Å². The fourth-order valence-corrected chi connectivity index (χ4v) is 1.65. The highest BCUT2D eigenvalue weighted by Crippen LogP contribution is 2.23. The summed E-state index contributed by atoms with van der Waals surface area (Å²) < 4.78 is 4.87. The van der Waals surface area contributed by atoms with Crippen LogP contribution in [0.5, 0.6) is 0 Å². The number of carboxylic acid groups (broad SMARTS) is 1. The second-order valence-electron chi connectivity index (χ2n) is 4.76. The molecule has 0 saturated heterocycles. The van der Waals surface area contributed by atoms with Crippen LogP contribution in [0.3, 0.4) is 0 Å². The van der Waals surface area contributed by atoms with Crippen molar-refractivity contribution in [1.29, 1.82) is 0 Å². The standard InChI is InChI=1S/C14H19NO4/c1-14(2,13(18)15-8-9-19-3)11-6-4-10(5-7-11)12(16)17/h4-7H,8-9H2,1-3H3,(H,15,18)(H,16,17). The number of carbonyl (C=O) groups excluding carboxylic acids is 1. The van der Waals surface area contributed by atoms with Crippen LogP contribution in [0, 0.1) is 0 Å². The van der Waals surface area contributed by atoms with E-state index in [1.54, 1.807) is 33.1 Å². The quantitative estimate of drug-likeness (QED) is 0.763. The minimum Gasteiger partial charge on any atom is -0.478 e. The van der Waals surface area contributed by atoms with E-state index < -0.39 is 11.4 Å². The van der Waals surface area contributed by atoms with Crippen LogP contribution in [0.2, 0.25) is 0 Å². The van der Waals surface area contributed by atoms with Gasteiger partial charge in [0.25, 0.3) is 0 Å². The number of aromatic carboxylic acids is 1. The van der Waals surface area contributed by atoms with Crippen LogP contribution in [0.25, 0.3) is 0 Å². The zero-order valence-electron chi connectivity index (χ0n) is 11.4. The van der Waals surface area contributed by atoms with E-state index in [4.69, 9.17) is 9.84 Å². The molecule has 0 aliphatic carbocycles. The Balaban J connectivity index is 2.81. The summed E-state index contributed by atoms with van der Waals surface area (Å²) in [5.74, 6) is -1.10. The molecule has 0 radical (unpaired) electrons. The number of carbonyl (C=O) groups is 2. The van der Waals surface area contributed by atoms with E-state index in [9.17, 15) is 9.59 Å². The van der Waals surface area contributed by atoms with E-state index >= 15 is 0 Å². The highest BCUT2D eigenvalue weighted by atomic mass is 16.5. The zero-order valence-corrected chi connectivity index (χ0v) is 11.4. The molecule has 0 spiro atoms. The van der Waals surface area contributed by atoms with Gasteiger partial charge in [-0.2, -0.15) is 0 Å². The predicted octanol–water partition coefficient (Wildman–Crippen LogP) is 1.42. The Bertz CT molecular complexity index is 451. The predicted molar refractivity (Wildman–Crippen MR) is 71.3 cm³/mol. The largest absolute Gasteiger partial charge is 0.478 e. The van der Waals surface area contributed by atoms with E-state index in [1.807, 2.05) is 0 Å². The highest BCUT2D eigenvalue weighted by Gasteiger charge is 2.29. The first-order valence-electron chi connectivity index (χ1n) is 6.00. The summed E-state index contributed by atoms with van der Waals surface area (Å²) in [6, 6.07) is 6.34. The fraction of sp³-hybridized carbons (Fsp3) is 0.429. The monoisotopic (exact) mass is 265 g/mol. The maximum atomic E-state index is 12.1. The molecule has 0 aliphatic rings. The summed E-state index contributed by atoms with van der Waals surface area (Å²) in [6.45, 7) is 4.50. The highest BCUT2D eigenvalue weighted by molar-refractivity contribution is 5.89. The van der Waals surface area contributed by atoms with E-state index in [-0.39, 0.29) is 11.5 Å². The Morgan fingerprint density at radius 2 is 1.84 bits per heavy atom. The average Bonchev–Trinajstić information content (AvgIpc) is 2.39. The molecule has 5 heteroatoms. The van der Waals surface area contributed by atoms with Gasteiger partial charge in [0, 0.05) is 13.7 Å². The third-order valence-corrected chi connectivity index (χ3v) is 3.01. The summed E-state index contributed by atoms with van der Waals surface area (Å²) in [4.78, 5) is 22.9. The molecule has 0 fully saturated rings. The molecule has 0 saturated carbocycles. The van der Waals surface area contributed by atoms with Crippen molar-refractivity contribution in [3.8, 4) is 0 Å². The fourth-order valence-electron chi connectivity index (χ4n) is 1.65. The van der Waals surface area contributed by atoms with Crippen LogP contribution >= 0.6 is 0 Å². The van der Waals surface area contributed by atoms with Crippen molar-refractivity contribution < 1.29 is 19.4 Å². The van der Waals surface area contributed by atoms with Crippen LogP contribution in [0.15, 0.2) is 24.3 Å². The molecule has 0 aliphatic heterocycles. The number of amides is 1. The van der Waals surface area contributed by atoms with Crippen molar-refractivity contribution in [2.45, 2.75) is 19.3 Å². The van der Waals surface area contributed by atoms with E-state index in [2.05, 4.69) is 5.32 Å². The van der Waals surface area contributed by atoms with Gasteiger partial charge in [0.2, 0.25) is 5.91 Å². The molecule has 0 bridgehead atoms. The van der Waals surface area contributed by atoms with E-state index in [0.717, 1.165) is 5.56 Å². The van der Waals surface area contributed by atoms with Crippen molar-refractivity contribution in [1.82, 2.24) is 5.32 Å². The third-order valence-electron chi connectivity index (χ3n) is 3.01. The molecular formula is C14H19NO4. The van der Waals surface area contributed by atoms with Gasteiger partial charge in [-0.3, -0.25) is 4.79 Å². The average molecular weight is 265 g/mol. The number of benzene rings is 1. The normalized spacial score (nSPS) is 11.1. The smallest absolute Gasteiger partial charge is 0.335 e. The van der Waals surface area contributed by atoms with Gasteiger partial charge in [-0.15, -0.1) is 0 Å². The molecule has 1 aromatic rings. The first-order chi connectivity index (χ1) is 8.89. The molecule has 1 aromatic carbocycles. The van der Waals surface area contributed by atoms with Gasteiger partial charge < -0.3 is 15.2 Å². The lowest BCUT2D eigenvalue weighted by Crippen LogP contribution is -2.41. The second-order valence-corrected chi connectivity index (χ2v) is 4.76. The first kappa shape index (κ1) is 15.2. The summed E-state index contributed by atoms with van der Waals surface area (Å²) in [5, 5.41) is 11.6. The molecular weight excluding hydrogens is 246 g/mol. The Kier molecular flexibility index (Phi) is 5.06. The minimum absolute atomic E-state index is 0.118. The maximum absolute atomic E-state index is 12.1.